The molecular formula is C14H30N4O2. The summed E-state index contributed by atoms with van der Waals surface area (Å²) in [6, 6.07) is 0. The van der Waals surface area contributed by atoms with Crippen LogP contribution < -0.4 is 22.1 Å². The van der Waals surface area contributed by atoms with E-state index in [4.69, 9.17) is 11.5 Å². The topological polar surface area (TPSA) is 110 Å². The fourth-order valence-electron chi connectivity index (χ4n) is 1.91. The van der Waals surface area contributed by atoms with E-state index in [1.165, 1.54) is 25.7 Å². The molecule has 0 saturated carbocycles. The second-order valence-electron chi connectivity index (χ2n) is 4.94. The summed E-state index contributed by atoms with van der Waals surface area (Å²) < 4.78 is 0. The smallest absolute Gasteiger partial charge is 0.233 e. The molecule has 0 aromatic heterocycles. The van der Waals surface area contributed by atoms with Crippen LogP contribution in [0.4, 0.5) is 0 Å². The third kappa shape index (κ3) is 13.3. The highest BCUT2D eigenvalue weighted by atomic mass is 16.2. The van der Waals surface area contributed by atoms with E-state index in [2.05, 4.69) is 10.6 Å². The molecule has 0 rings (SSSR count). The summed E-state index contributed by atoms with van der Waals surface area (Å²) in [6.07, 6.45) is 9.24. The number of rotatable bonds is 13. The van der Waals surface area contributed by atoms with Gasteiger partial charge in [0.25, 0.3) is 0 Å². The van der Waals surface area contributed by atoms with Crippen LogP contribution in [0.1, 0.15) is 51.4 Å². The zero-order valence-corrected chi connectivity index (χ0v) is 12.5. The number of hydrogen-bond donors (Lipinski definition) is 4. The number of nitrogens with one attached hydrogen (secondary N) is 2. The summed E-state index contributed by atoms with van der Waals surface area (Å²) in [4.78, 5) is 21.7. The fourth-order valence-corrected chi connectivity index (χ4v) is 1.91. The van der Waals surface area contributed by atoms with Crippen LogP contribution in [0.15, 0.2) is 0 Å². The van der Waals surface area contributed by atoms with Gasteiger partial charge >= 0.3 is 0 Å². The predicted octanol–water partition coefficient (Wildman–Crippen LogP) is 0.257. The maximum absolute atomic E-state index is 10.9. The molecule has 0 bridgehead atoms. The molecule has 0 aliphatic rings. The Morgan fingerprint density at radius 1 is 0.600 bits per heavy atom. The maximum Gasteiger partial charge on any atom is 0.233 e. The minimum absolute atomic E-state index is 0.0751. The summed E-state index contributed by atoms with van der Waals surface area (Å²) in [5.41, 5.74) is 10.4. The van der Waals surface area contributed by atoms with Crippen LogP contribution in [0.2, 0.25) is 0 Å². The summed E-state index contributed by atoms with van der Waals surface area (Å²) in [5.74, 6) is -0.154. The number of nitrogens with two attached hydrogens (primary N) is 2. The lowest BCUT2D eigenvalue weighted by atomic mass is 10.1. The Kier molecular flexibility index (Phi) is 13.5. The molecule has 0 radical (unpaired) electrons. The Bertz CT molecular complexity index is 234. The van der Waals surface area contributed by atoms with Gasteiger partial charge in [-0.3, -0.25) is 9.59 Å². The number of carbonyl (C=O) groups excluding carboxylic acids is 2. The first-order valence-corrected chi connectivity index (χ1v) is 7.64. The van der Waals surface area contributed by atoms with Gasteiger partial charge in [-0.15, -0.1) is 0 Å². The first kappa shape index (κ1) is 18.9. The summed E-state index contributed by atoms with van der Waals surface area (Å²) in [7, 11) is 0. The lowest BCUT2D eigenvalue weighted by Gasteiger charge is -2.05. The van der Waals surface area contributed by atoms with E-state index in [1.807, 2.05) is 0 Å². The number of hydrogen-bond acceptors (Lipinski definition) is 4. The average Bonchev–Trinajstić information content (AvgIpc) is 2.47. The van der Waals surface area contributed by atoms with Gasteiger partial charge in [0.15, 0.2) is 0 Å². The Morgan fingerprint density at radius 3 is 1.20 bits per heavy atom. The SMILES string of the molecule is NCC(=O)NCCCCCCCCCCNC(=O)CN. The molecule has 20 heavy (non-hydrogen) atoms. The summed E-state index contributed by atoms with van der Waals surface area (Å²) >= 11 is 0. The number of amides is 2. The van der Waals surface area contributed by atoms with Gasteiger partial charge < -0.3 is 22.1 Å². The molecule has 0 saturated heterocycles. The van der Waals surface area contributed by atoms with E-state index in [9.17, 15) is 9.59 Å². The third-order valence-electron chi connectivity index (χ3n) is 3.12. The standard InChI is InChI=1S/C14H30N4O2/c15-11-13(19)17-9-7-5-3-1-2-4-6-8-10-18-14(20)12-16/h1-12,15-16H2,(H,17,19)(H,18,20). The minimum atomic E-state index is -0.0771. The van der Waals surface area contributed by atoms with Gasteiger partial charge in [0.2, 0.25) is 11.8 Å². The third-order valence-corrected chi connectivity index (χ3v) is 3.12. The van der Waals surface area contributed by atoms with Crippen molar-refractivity contribution in [2.45, 2.75) is 51.4 Å². The molecule has 0 aromatic rings. The van der Waals surface area contributed by atoms with E-state index < -0.39 is 0 Å². The molecule has 6 N–H and O–H groups in total. The molecular weight excluding hydrogens is 256 g/mol. The summed E-state index contributed by atoms with van der Waals surface area (Å²) in [5, 5.41) is 5.53. The molecule has 2 amide bonds. The van der Waals surface area contributed by atoms with Gasteiger partial charge in [-0.1, -0.05) is 38.5 Å². The zero-order chi connectivity index (χ0) is 15.1. The highest BCUT2D eigenvalue weighted by Gasteiger charge is 1.97. The van der Waals surface area contributed by atoms with Crippen LogP contribution >= 0.6 is 0 Å². The molecule has 0 aromatic carbocycles. The molecule has 0 aliphatic carbocycles. The van der Waals surface area contributed by atoms with E-state index >= 15 is 0 Å². The fraction of sp³-hybridized carbons (Fsp3) is 0.857. The van der Waals surface area contributed by atoms with Gasteiger partial charge in [-0.25, -0.2) is 0 Å². The molecule has 118 valence electrons. The lowest BCUT2D eigenvalue weighted by Crippen LogP contribution is -2.30. The molecule has 0 unspecified atom stereocenters. The van der Waals surface area contributed by atoms with Crippen molar-refractivity contribution in [3.8, 4) is 0 Å². The van der Waals surface area contributed by atoms with Gasteiger partial charge in [0.05, 0.1) is 13.1 Å². The lowest BCUT2D eigenvalue weighted by molar-refractivity contribution is -0.120. The molecule has 0 heterocycles. The zero-order valence-electron chi connectivity index (χ0n) is 12.5. The van der Waals surface area contributed by atoms with E-state index in [0.29, 0.717) is 0 Å². The van der Waals surface area contributed by atoms with E-state index in [0.717, 1.165) is 38.8 Å². The molecule has 0 atom stereocenters. The van der Waals surface area contributed by atoms with Crippen molar-refractivity contribution in [1.82, 2.24) is 10.6 Å². The van der Waals surface area contributed by atoms with Crippen LogP contribution in [0, 0.1) is 0 Å². The Balaban J connectivity index is 3.06. The highest BCUT2D eigenvalue weighted by Crippen LogP contribution is 2.07. The van der Waals surface area contributed by atoms with E-state index in [-0.39, 0.29) is 24.9 Å². The Morgan fingerprint density at radius 2 is 0.900 bits per heavy atom. The van der Waals surface area contributed by atoms with Crippen molar-refractivity contribution in [3.63, 3.8) is 0 Å². The van der Waals surface area contributed by atoms with Crippen LogP contribution in [-0.2, 0) is 9.59 Å². The van der Waals surface area contributed by atoms with Gasteiger partial charge in [-0.05, 0) is 12.8 Å². The Labute approximate surface area is 122 Å². The van der Waals surface area contributed by atoms with Crippen LogP contribution in [0.5, 0.6) is 0 Å². The van der Waals surface area contributed by atoms with Gasteiger partial charge in [0.1, 0.15) is 0 Å². The molecule has 0 fully saturated rings. The number of unbranched alkanes of at least 4 members (excludes halogenated alkanes) is 7. The average molecular weight is 286 g/mol. The van der Waals surface area contributed by atoms with Crippen molar-refractivity contribution in [1.29, 1.82) is 0 Å². The highest BCUT2D eigenvalue weighted by molar-refractivity contribution is 5.77. The molecule has 6 nitrogen and oxygen atoms in total. The Hall–Kier alpha value is -1.14. The van der Waals surface area contributed by atoms with Crippen molar-refractivity contribution < 1.29 is 9.59 Å². The predicted molar refractivity (Wildman–Crippen MR) is 81.1 cm³/mol. The van der Waals surface area contributed by atoms with Gasteiger partial charge in [-0.2, -0.15) is 0 Å². The quantitative estimate of drug-likeness (QED) is 0.364. The molecule has 0 aliphatic heterocycles. The molecule has 0 spiro atoms. The van der Waals surface area contributed by atoms with Crippen molar-refractivity contribution in [2.75, 3.05) is 26.2 Å². The van der Waals surface area contributed by atoms with Crippen LogP contribution in [0.3, 0.4) is 0 Å². The molecule has 6 heteroatoms. The van der Waals surface area contributed by atoms with Crippen molar-refractivity contribution in [3.05, 3.63) is 0 Å². The van der Waals surface area contributed by atoms with E-state index in [1.54, 1.807) is 0 Å². The van der Waals surface area contributed by atoms with Crippen molar-refractivity contribution >= 4 is 11.8 Å². The number of carbonyl (C=O) groups is 2. The first-order valence-electron chi connectivity index (χ1n) is 7.64. The first-order chi connectivity index (χ1) is 9.70. The monoisotopic (exact) mass is 286 g/mol. The van der Waals surface area contributed by atoms with Crippen LogP contribution in [0.25, 0.3) is 0 Å². The normalized spacial score (nSPS) is 10.3. The van der Waals surface area contributed by atoms with Crippen LogP contribution in [-0.4, -0.2) is 38.0 Å². The maximum atomic E-state index is 10.9. The largest absolute Gasteiger partial charge is 0.355 e. The second-order valence-corrected chi connectivity index (χ2v) is 4.94. The summed E-state index contributed by atoms with van der Waals surface area (Å²) in [6.45, 7) is 1.62. The second kappa shape index (κ2) is 14.3. The van der Waals surface area contributed by atoms with Gasteiger partial charge in [0, 0.05) is 13.1 Å². The van der Waals surface area contributed by atoms with Crippen molar-refractivity contribution in [2.24, 2.45) is 11.5 Å². The minimum Gasteiger partial charge on any atom is -0.355 e.